The van der Waals surface area contributed by atoms with Crippen molar-refractivity contribution in [2.75, 3.05) is 26.2 Å². The molecule has 1 N–H and O–H groups in total. The molecule has 0 unspecified atom stereocenters. The number of amides is 2. The normalized spacial score (nSPS) is 24.5. The third-order valence-electron chi connectivity index (χ3n) is 5.23. The van der Waals surface area contributed by atoms with Crippen LogP contribution in [-0.4, -0.2) is 54.0 Å². The van der Waals surface area contributed by atoms with Gasteiger partial charge in [0.25, 0.3) is 11.8 Å². The number of pyridine rings is 1. The lowest BCUT2D eigenvalue weighted by Crippen LogP contribution is -2.35. The number of fused-ring (bicyclic) bond motifs is 1. The Morgan fingerprint density at radius 2 is 2.23 bits per heavy atom. The van der Waals surface area contributed by atoms with Gasteiger partial charge >= 0.3 is 0 Å². The van der Waals surface area contributed by atoms with Crippen molar-refractivity contribution in [3.05, 3.63) is 53.7 Å². The second-order valence-electron chi connectivity index (χ2n) is 6.89. The second kappa shape index (κ2) is 6.92. The molecule has 0 spiro atoms. The molecule has 0 bridgehead atoms. The van der Waals surface area contributed by atoms with Gasteiger partial charge in [-0.05, 0) is 25.1 Å². The van der Waals surface area contributed by atoms with Gasteiger partial charge in [-0.1, -0.05) is 0 Å². The van der Waals surface area contributed by atoms with Crippen molar-refractivity contribution in [1.29, 1.82) is 0 Å². The summed E-state index contributed by atoms with van der Waals surface area (Å²) in [5, 5.41) is 2.95. The Morgan fingerprint density at radius 1 is 1.35 bits per heavy atom. The minimum atomic E-state index is -0.140. The number of nitrogens with zero attached hydrogens (tertiary/aromatic N) is 2. The molecule has 0 saturated carbocycles. The zero-order valence-electron chi connectivity index (χ0n) is 14.6. The minimum absolute atomic E-state index is 0.0227. The average Bonchev–Trinajstić information content (AvgIpc) is 3.36. The van der Waals surface area contributed by atoms with Crippen molar-refractivity contribution in [2.24, 2.45) is 11.8 Å². The molecule has 2 saturated heterocycles. The van der Waals surface area contributed by atoms with Gasteiger partial charge in [0, 0.05) is 49.4 Å². The fourth-order valence-electron chi connectivity index (χ4n) is 3.73. The molecule has 2 fully saturated rings. The zero-order chi connectivity index (χ0) is 18.1. The van der Waals surface area contributed by atoms with Crippen LogP contribution < -0.4 is 5.32 Å². The second-order valence-corrected chi connectivity index (χ2v) is 6.89. The van der Waals surface area contributed by atoms with Gasteiger partial charge in [0.2, 0.25) is 0 Å². The van der Waals surface area contributed by atoms with Crippen LogP contribution in [0.4, 0.5) is 0 Å². The summed E-state index contributed by atoms with van der Waals surface area (Å²) >= 11 is 0. The monoisotopic (exact) mass is 355 g/mol. The molecule has 4 heterocycles. The largest absolute Gasteiger partial charge is 0.459 e. The summed E-state index contributed by atoms with van der Waals surface area (Å²) in [5.41, 5.74) is 1.38. The fourth-order valence-corrected chi connectivity index (χ4v) is 3.73. The van der Waals surface area contributed by atoms with E-state index in [1.165, 1.54) is 6.26 Å². The van der Waals surface area contributed by atoms with Crippen LogP contribution in [0.1, 0.15) is 26.5 Å². The Morgan fingerprint density at radius 3 is 2.96 bits per heavy atom. The fraction of sp³-hybridized carbons (Fsp3) is 0.421. The third-order valence-corrected chi connectivity index (χ3v) is 5.23. The molecule has 0 aromatic carbocycles. The molecule has 2 aliphatic heterocycles. The Bertz CT molecular complexity index is 804. The van der Waals surface area contributed by atoms with E-state index < -0.39 is 0 Å². The number of carbonyl (C=O) groups is 2. The lowest BCUT2D eigenvalue weighted by molar-refractivity contribution is 0.0648. The van der Waals surface area contributed by atoms with E-state index in [1.54, 1.807) is 35.5 Å². The van der Waals surface area contributed by atoms with E-state index in [2.05, 4.69) is 10.3 Å². The highest BCUT2D eigenvalue weighted by Crippen LogP contribution is 2.34. The SMILES string of the molecule is Cc1ccoc1C(=O)N1C[C@@H]2[C@H](CNC(=O)c3cccnc3)CO[C@@H]2C1. The molecule has 7 heteroatoms. The van der Waals surface area contributed by atoms with Crippen LogP contribution in [0.3, 0.4) is 0 Å². The van der Waals surface area contributed by atoms with Crippen molar-refractivity contribution >= 4 is 11.8 Å². The highest BCUT2D eigenvalue weighted by molar-refractivity contribution is 5.94. The maximum atomic E-state index is 12.6. The number of aromatic nitrogens is 1. The van der Waals surface area contributed by atoms with Crippen molar-refractivity contribution in [3.8, 4) is 0 Å². The van der Waals surface area contributed by atoms with Crippen molar-refractivity contribution < 1.29 is 18.7 Å². The first kappa shape index (κ1) is 16.8. The molecule has 0 aliphatic carbocycles. The Labute approximate surface area is 151 Å². The van der Waals surface area contributed by atoms with Crippen LogP contribution >= 0.6 is 0 Å². The number of rotatable bonds is 4. The van der Waals surface area contributed by atoms with Gasteiger partial charge in [0.1, 0.15) is 0 Å². The van der Waals surface area contributed by atoms with Crippen LogP contribution in [0.2, 0.25) is 0 Å². The van der Waals surface area contributed by atoms with E-state index in [9.17, 15) is 9.59 Å². The first-order chi connectivity index (χ1) is 12.6. The number of aryl methyl sites for hydroxylation is 1. The number of hydrogen-bond acceptors (Lipinski definition) is 5. The number of carbonyl (C=O) groups excluding carboxylic acids is 2. The first-order valence-corrected chi connectivity index (χ1v) is 8.76. The molecule has 7 nitrogen and oxygen atoms in total. The van der Waals surface area contributed by atoms with Gasteiger partial charge < -0.3 is 19.4 Å². The maximum Gasteiger partial charge on any atom is 0.289 e. The van der Waals surface area contributed by atoms with E-state index in [0.717, 1.165) is 5.56 Å². The quantitative estimate of drug-likeness (QED) is 0.898. The summed E-state index contributed by atoms with van der Waals surface area (Å²) in [7, 11) is 0. The first-order valence-electron chi connectivity index (χ1n) is 8.76. The highest BCUT2D eigenvalue weighted by atomic mass is 16.5. The summed E-state index contributed by atoms with van der Waals surface area (Å²) in [5.74, 6) is 0.577. The average molecular weight is 355 g/mol. The number of likely N-dealkylation sites (tertiary alicyclic amines) is 1. The lowest BCUT2D eigenvalue weighted by Gasteiger charge is -2.19. The van der Waals surface area contributed by atoms with Crippen molar-refractivity contribution in [3.63, 3.8) is 0 Å². The van der Waals surface area contributed by atoms with Gasteiger partial charge in [0.15, 0.2) is 5.76 Å². The van der Waals surface area contributed by atoms with Crippen LogP contribution in [-0.2, 0) is 4.74 Å². The van der Waals surface area contributed by atoms with Crippen molar-refractivity contribution in [2.45, 2.75) is 13.0 Å². The Balaban J connectivity index is 1.35. The highest BCUT2D eigenvalue weighted by Gasteiger charge is 2.45. The molecule has 2 amide bonds. The Hall–Kier alpha value is -2.67. The van der Waals surface area contributed by atoms with Crippen LogP contribution in [0.5, 0.6) is 0 Å². The van der Waals surface area contributed by atoms with Crippen molar-refractivity contribution in [1.82, 2.24) is 15.2 Å². The smallest absolute Gasteiger partial charge is 0.289 e. The minimum Gasteiger partial charge on any atom is -0.459 e. The van der Waals surface area contributed by atoms with E-state index in [4.69, 9.17) is 9.15 Å². The number of hydrogen-bond donors (Lipinski definition) is 1. The number of furan rings is 1. The Kier molecular flexibility index (Phi) is 4.46. The molecule has 26 heavy (non-hydrogen) atoms. The maximum absolute atomic E-state index is 12.6. The van der Waals surface area contributed by atoms with Crippen LogP contribution in [0, 0.1) is 18.8 Å². The van der Waals surface area contributed by atoms with Gasteiger partial charge in [-0.2, -0.15) is 0 Å². The summed E-state index contributed by atoms with van der Waals surface area (Å²) in [4.78, 5) is 30.6. The van der Waals surface area contributed by atoms with E-state index >= 15 is 0 Å². The summed E-state index contributed by atoms with van der Waals surface area (Å²) in [6.07, 6.45) is 4.74. The third kappa shape index (κ3) is 3.10. The molecular formula is C19H21N3O4. The zero-order valence-corrected chi connectivity index (χ0v) is 14.6. The van der Waals surface area contributed by atoms with Crippen LogP contribution in [0.25, 0.3) is 0 Å². The number of nitrogens with one attached hydrogen (secondary N) is 1. The van der Waals surface area contributed by atoms with E-state index in [-0.39, 0.29) is 29.8 Å². The predicted molar refractivity (Wildman–Crippen MR) is 92.6 cm³/mol. The molecule has 136 valence electrons. The van der Waals surface area contributed by atoms with Gasteiger partial charge in [0.05, 0.1) is 24.5 Å². The van der Waals surface area contributed by atoms with Gasteiger partial charge in [-0.15, -0.1) is 0 Å². The standard InChI is InChI=1S/C19H21N3O4/c1-12-4-6-25-17(12)19(24)22-9-15-14(11-26-16(15)10-22)8-21-18(23)13-3-2-5-20-7-13/h2-7,14-16H,8-11H2,1H3,(H,21,23)/t14-,15-,16-/m1/s1. The molecule has 2 aromatic rings. The van der Waals surface area contributed by atoms with Crippen LogP contribution in [0.15, 0.2) is 41.3 Å². The van der Waals surface area contributed by atoms with Gasteiger partial charge in [-0.25, -0.2) is 0 Å². The molecule has 3 atom stereocenters. The molecular weight excluding hydrogens is 334 g/mol. The molecule has 4 rings (SSSR count). The summed E-state index contributed by atoms with van der Waals surface area (Å²) in [6, 6.07) is 5.26. The molecule has 2 aromatic heterocycles. The topological polar surface area (TPSA) is 84.7 Å². The molecule has 0 radical (unpaired) electrons. The summed E-state index contributed by atoms with van der Waals surface area (Å²) in [6.45, 7) is 4.18. The predicted octanol–water partition coefficient (Wildman–Crippen LogP) is 1.50. The van der Waals surface area contributed by atoms with E-state index in [0.29, 0.717) is 37.6 Å². The lowest BCUT2D eigenvalue weighted by atomic mass is 9.93. The molecule has 2 aliphatic rings. The number of ether oxygens (including phenoxy) is 1. The van der Waals surface area contributed by atoms with E-state index in [1.807, 2.05) is 6.92 Å². The van der Waals surface area contributed by atoms with Gasteiger partial charge in [-0.3, -0.25) is 14.6 Å². The summed E-state index contributed by atoms with van der Waals surface area (Å²) < 4.78 is 11.2.